The summed E-state index contributed by atoms with van der Waals surface area (Å²) < 4.78 is 29.6. The second kappa shape index (κ2) is 11.5. The molecule has 0 spiro atoms. The Balaban J connectivity index is 1.54. The van der Waals surface area contributed by atoms with E-state index in [4.69, 9.17) is 23.4 Å². The van der Waals surface area contributed by atoms with E-state index >= 15 is 0 Å². The molecule has 0 unspecified atom stereocenters. The van der Waals surface area contributed by atoms with Gasteiger partial charge < -0.3 is 54.2 Å². The second-order valence-corrected chi connectivity index (χ2v) is 12.0. The number of carbonyl (C=O) groups is 2. The number of aliphatic hydroxyl groups is 5. The monoisotopic (exact) mass is 605 g/mol. The van der Waals surface area contributed by atoms with E-state index < -0.39 is 42.7 Å². The maximum Gasteiger partial charge on any atom is 0.309 e. The summed E-state index contributed by atoms with van der Waals surface area (Å²) >= 11 is 0. The standard InChI is InChI=1S/C30H39NO12/c1-3-40-28(37)14-7-13-8-15-17(10-31-27(15)36)18-12-41-24-21(18)20(13)16(9-14)23(25(24)39-2)43-29-30(38,5-4-6-32)26(35)22(34)19(11-33)42-29/h12-15,17,19,22,26,29,32-35,38H,3-11H2,1-2H3,(H,31,36)/t13-,14+,15+,17+,19+,22+,26-,29+,30+/m0/s1. The number of ether oxygens (including phenoxy) is 4. The lowest BCUT2D eigenvalue weighted by molar-refractivity contribution is -0.322. The fourth-order valence-corrected chi connectivity index (χ4v) is 7.59. The summed E-state index contributed by atoms with van der Waals surface area (Å²) in [4.78, 5) is 26.1. The van der Waals surface area contributed by atoms with Crippen molar-refractivity contribution in [1.29, 1.82) is 0 Å². The van der Waals surface area contributed by atoms with E-state index in [1.165, 1.54) is 7.11 Å². The highest BCUT2D eigenvalue weighted by atomic mass is 16.7. The number of fused-ring (bicyclic) bond motifs is 2. The second-order valence-electron chi connectivity index (χ2n) is 12.0. The summed E-state index contributed by atoms with van der Waals surface area (Å²) in [5.74, 6) is -1.39. The van der Waals surface area contributed by atoms with Gasteiger partial charge in [0.25, 0.3) is 0 Å². The summed E-state index contributed by atoms with van der Waals surface area (Å²) in [6, 6.07) is 0. The highest BCUT2D eigenvalue weighted by molar-refractivity contribution is 5.97. The Labute approximate surface area is 247 Å². The predicted molar refractivity (Wildman–Crippen MR) is 147 cm³/mol. The Kier molecular flexibility index (Phi) is 8.07. The Hall–Kier alpha value is -2.94. The zero-order chi connectivity index (χ0) is 30.6. The predicted octanol–water partition coefficient (Wildman–Crippen LogP) is 0.205. The first kappa shape index (κ1) is 30.1. The molecule has 236 valence electrons. The van der Waals surface area contributed by atoms with Gasteiger partial charge in [0.15, 0.2) is 16.9 Å². The number of rotatable bonds is 9. The van der Waals surface area contributed by atoms with Gasteiger partial charge in [0.1, 0.15) is 18.3 Å². The number of furan rings is 1. The molecule has 0 radical (unpaired) electrons. The molecule has 1 amide bonds. The van der Waals surface area contributed by atoms with E-state index in [0.717, 1.165) is 16.5 Å². The van der Waals surface area contributed by atoms with Gasteiger partial charge in [-0.3, -0.25) is 9.59 Å². The lowest BCUT2D eigenvalue weighted by Gasteiger charge is -2.48. The van der Waals surface area contributed by atoms with Gasteiger partial charge in [-0.05, 0) is 50.5 Å². The molecule has 6 rings (SSSR count). The number of hydrogen-bond donors (Lipinski definition) is 6. The molecule has 43 heavy (non-hydrogen) atoms. The molecule has 0 bridgehead atoms. The van der Waals surface area contributed by atoms with Crippen LogP contribution in [-0.4, -0.2) is 101 Å². The number of hydrogen-bond acceptors (Lipinski definition) is 12. The molecule has 2 fully saturated rings. The molecule has 9 atom stereocenters. The van der Waals surface area contributed by atoms with E-state index in [0.29, 0.717) is 30.5 Å². The summed E-state index contributed by atoms with van der Waals surface area (Å²) in [7, 11) is 1.43. The Morgan fingerprint density at radius 2 is 1.98 bits per heavy atom. The van der Waals surface area contributed by atoms with Crippen molar-refractivity contribution < 1.29 is 58.5 Å². The lowest BCUT2D eigenvalue weighted by Crippen LogP contribution is -2.68. The van der Waals surface area contributed by atoms with E-state index in [1.54, 1.807) is 13.2 Å². The average molecular weight is 606 g/mol. The van der Waals surface area contributed by atoms with Crippen molar-refractivity contribution in [2.24, 2.45) is 11.8 Å². The Bertz CT molecular complexity index is 1390. The van der Waals surface area contributed by atoms with Gasteiger partial charge in [0.05, 0.1) is 32.5 Å². The number of nitrogens with one attached hydrogen (secondary N) is 1. The van der Waals surface area contributed by atoms with Crippen LogP contribution in [0.5, 0.6) is 11.5 Å². The normalized spacial score (nSPS) is 34.8. The Morgan fingerprint density at radius 1 is 1.19 bits per heavy atom. The molecule has 3 heterocycles. The molecule has 2 aromatic rings. The maximum absolute atomic E-state index is 13.1. The van der Waals surface area contributed by atoms with Crippen molar-refractivity contribution in [3.63, 3.8) is 0 Å². The molecular formula is C30H39NO12. The molecule has 2 aliphatic carbocycles. The first-order chi connectivity index (χ1) is 20.7. The number of methoxy groups -OCH3 is 1. The van der Waals surface area contributed by atoms with Crippen LogP contribution in [0.25, 0.3) is 11.0 Å². The fourth-order valence-electron chi connectivity index (χ4n) is 7.59. The van der Waals surface area contributed by atoms with Gasteiger partial charge in [-0.2, -0.15) is 0 Å². The summed E-state index contributed by atoms with van der Waals surface area (Å²) in [6.07, 6.45) is -3.67. The summed E-state index contributed by atoms with van der Waals surface area (Å²) in [5.41, 5.74) is 0.526. The van der Waals surface area contributed by atoms with Crippen LogP contribution in [0, 0.1) is 11.8 Å². The largest absolute Gasteiger partial charge is 0.490 e. The van der Waals surface area contributed by atoms with Crippen molar-refractivity contribution in [2.45, 2.75) is 81.1 Å². The lowest BCUT2D eigenvalue weighted by atomic mass is 9.72. The van der Waals surface area contributed by atoms with Crippen LogP contribution in [0.3, 0.4) is 0 Å². The summed E-state index contributed by atoms with van der Waals surface area (Å²) in [6.45, 7) is 1.42. The van der Waals surface area contributed by atoms with Gasteiger partial charge >= 0.3 is 5.97 Å². The van der Waals surface area contributed by atoms with E-state index in [9.17, 15) is 35.1 Å². The van der Waals surface area contributed by atoms with Gasteiger partial charge in [-0.15, -0.1) is 0 Å². The number of carbonyl (C=O) groups excluding carboxylic acids is 2. The first-order valence-corrected chi connectivity index (χ1v) is 14.9. The fraction of sp³-hybridized carbons (Fsp3) is 0.667. The van der Waals surface area contributed by atoms with Crippen molar-refractivity contribution in [3.8, 4) is 11.5 Å². The van der Waals surface area contributed by atoms with Crippen LogP contribution in [0.15, 0.2) is 10.7 Å². The molecule has 1 aromatic carbocycles. The topological polar surface area (TPSA) is 197 Å². The van der Waals surface area contributed by atoms with Crippen molar-refractivity contribution in [3.05, 3.63) is 23.0 Å². The van der Waals surface area contributed by atoms with Gasteiger partial charge in [-0.1, -0.05) is 0 Å². The van der Waals surface area contributed by atoms with E-state index in [2.05, 4.69) is 5.32 Å². The zero-order valence-corrected chi connectivity index (χ0v) is 24.2. The molecule has 4 aliphatic rings. The van der Waals surface area contributed by atoms with Gasteiger partial charge in [0, 0.05) is 41.5 Å². The number of esters is 1. The highest BCUT2D eigenvalue weighted by Gasteiger charge is 2.56. The maximum atomic E-state index is 13.1. The third kappa shape index (κ3) is 4.68. The van der Waals surface area contributed by atoms with Crippen LogP contribution < -0.4 is 14.8 Å². The van der Waals surface area contributed by atoms with Crippen molar-refractivity contribution >= 4 is 22.8 Å². The Morgan fingerprint density at radius 3 is 2.67 bits per heavy atom. The van der Waals surface area contributed by atoms with Crippen LogP contribution in [0.1, 0.15) is 61.1 Å². The van der Waals surface area contributed by atoms with Crippen LogP contribution in [0.2, 0.25) is 0 Å². The molecule has 13 nitrogen and oxygen atoms in total. The minimum absolute atomic E-state index is 0.0532. The summed E-state index contributed by atoms with van der Waals surface area (Å²) in [5, 5.41) is 56.4. The van der Waals surface area contributed by atoms with E-state index in [1.807, 2.05) is 0 Å². The number of aliphatic hydroxyl groups excluding tert-OH is 4. The van der Waals surface area contributed by atoms with Crippen LogP contribution in [-0.2, 0) is 25.5 Å². The minimum atomic E-state index is -2.19. The third-order valence-corrected chi connectivity index (χ3v) is 9.67. The van der Waals surface area contributed by atoms with E-state index in [-0.39, 0.29) is 73.6 Å². The molecule has 0 saturated carbocycles. The quantitative estimate of drug-likeness (QED) is 0.213. The van der Waals surface area contributed by atoms with Gasteiger partial charge in [0.2, 0.25) is 17.9 Å². The molecule has 2 saturated heterocycles. The zero-order valence-electron chi connectivity index (χ0n) is 24.2. The molecule has 6 N–H and O–H groups in total. The molecule has 13 heteroatoms. The first-order valence-electron chi connectivity index (χ1n) is 14.9. The number of amides is 1. The SMILES string of the molecule is CCOC(=O)[C@H]1Cc2c(O[C@H]3O[C@H](CO)[C@@H](O)[C@H](O)[C@]3(O)CCCO)c(OC)c3occ4c3c2[C@@H](C1)C[C@H]1C(=O)NC[C@@H]41. The molecule has 2 aliphatic heterocycles. The third-order valence-electron chi connectivity index (χ3n) is 9.67. The average Bonchev–Trinajstić information content (AvgIpc) is 3.55. The molecular weight excluding hydrogens is 566 g/mol. The van der Waals surface area contributed by atoms with Crippen molar-refractivity contribution in [1.82, 2.24) is 5.32 Å². The highest BCUT2D eigenvalue weighted by Crippen LogP contribution is 2.57. The molecule has 1 aromatic heterocycles. The minimum Gasteiger partial charge on any atom is -0.490 e. The van der Waals surface area contributed by atoms with Crippen LogP contribution >= 0.6 is 0 Å². The van der Waals surface area contributed by atoms with Crippen LogP contribution in [0.4, 0.5) is 0 Å². The van der Waals surface area contributed by atoms with Gasteiger partial charge in [-0.25, -0.2) is 0 Å². The van der Waals surface area contributed by atoms with Crippen molar-refractivity contribution in [2.75, 3.05) is 33.5 Å². The number of benzene rings is 1. The smallest absolute Gasteiger partial charge is 0.309 e.